The molecule has 0 saturated heterocycles. The molecule has 0 saturated carbocycles. The lowest BCUT2D eigenvalue weighted by Crippen LogP contribution is -2.21. The summed E-state index contributed by atoms with van der Waals surface area (Å²) in [4.78, 5) is 17.8. The van der Waals surface area contributed by atoms with Gasteiger partial charge in [0.05, 0.1) is 6.20 Å². The molecule has 1 atom stereocenters. The predicted molar refractivity (Wildman–Crippen MR) is 38.3 cm³/mol. The van der Waals surface area contributed by atoms with E-state index in [9.17, 15) is 18.0 Å². The van der Waals surface area contributed by atoms with Gasteiger partial charge in [-0.15, -0.1) is 0 Å². The molecular formula is C7H5F3N2O2. The first kappa shape index (κ1) is 10.4. The Morgan fingerprint density at radius 1 is 1.36 bits per heavy atom. The monoisotopic (exact) mass is 206 g/mol. The van der Waals surface area contributed by atoms with Crippen molar-refractivity contribution in [1.29, 1.82) is 0 Å². The molecule has 0 bridgehead atoms. The van der Waals surface area contributed by atoms with E-state index in [0.717, 1.165) is 12.4 Å². The molecule has 1 heterocycles. The Labute approximate surface area is 76.7 Å². The van der Waals surface area contributed by atoms with Gasteiger partial charge in [0.1, 0.15) is 0 Å². The van der Waals surface area contributed by atoms with Crippen molar-refractivity contribution >= 4 is 5.97 Å². The molecule has 0 aliphatic heterocycles. The van der Waals surface area contributed by atoms with Gasteiger partial charge in [-0.05, 0) is 0 Å². The van der Waals surface area contributed by atoms with Crippen LogP contribution in [0.4, 0.5) is 13.2 Å². The highest BCUT2D eigenvalue weighted by molar-refractivity contribution is 5.86. The normalized spacial score (nSPS) is 12.6. The highest BCUT2D eigenvalue weighted by Crippen LogP contribution is 2.09. The van der Waals surface area contributed by atoms with Crippen molar-refractivity contribution in [2.75, 3.05) is 0 Å². The first-order chi connectivity index (χ1) is 6.61. The molecule has 1 rings (SSSR count). The van der Waals surface area contributed by atoms with Crippen LogP contribution in [0.2, 0.25) is 0 Å². The number of rotatable bonds is 3. The van der Waals surface area contributed by atoms with Crippen molar-refractivity contribution in [2.45, 2.75) is 12.8 Å². The molecule has 0 N–H and O–H groups in total. The van der Waals surface area contributed by atoms with E-state index >= 15 is 0 Å². The zero-order valence-corrected chi connectivity index (χ0v) is 6.73. The summed E-state index contributed by atoms with van der Waals surface area (Å²) in [6, 6.07) is 0. The number of hydrogen-bond acceptors (Lipinski definition) is 4. The number of hydrogen-bond donors (Lipinski definition) is 0. The second-order valence-corrected chi connectivity index (χ2v) is 2.18. The summed E-state index contributed by atoms with van der Waals surface area (Å²) in [6.45, 7) is 0. The maximum atomic E-state index is 12.2. The van der Waals surface area contributed by atoms with Crippen molar-refractivity contribution in [3.8, 4) is 0 Å². The fourth-order valence-corrected chi connectivity index (χ4v) is 0.619. The summed E-state index contributed by atoms with van der Waals surface area (Å²) < 4.78 is 39.2. The number of halogens is 3. The van der Waals surface area contributed by atoms with Gasteiger partial charge >= 0.3 is 18.8 Å². The van der Waals surface area contributed by atoms with E-state index < -0.39 is 18.8 Å². The lowest BCUT2D eigenvalue weighted by atomic mass is 10.4. The fraction of sp³-hybridized carbons (Fsp3) is 0.286. The van der Waals surface area contributed by atoms with Gasteiger partial charge in [0, 0.05) is 12.4 Å². The molecule has 14 heavy (non-hydrogen) atoms. The Balaban J connectivity index is 2.60. The second kappa shape index (κ2) is 4.54. The van der Waals surface area contributed by atoms with Gasteiger partial charge in [0.25, 0.3) is 0 Å². The lowest BCUT2D eigenvalue weighted by molar-refractivity contribution is -0.0974. The van der Waals surface area contributed by atoms with Gasteiger partial charge in [-0.3, -0.25) is 4.98 Å². The van der Waals surface area contributed by atoms with Crippen LogP contribution in [-0.4, -0.2) is 28.7 Å². The van der Waals surface area contributed by atoms with Crippen molar-refractivity contribution in [1.82, 2.24) is 9.97 Å². The minimum Gasteiger partial charge on any atom is -0.420 e. The number of alkyl halides is 3. The molecular weight excluding hydrogens is 201 g/mol. The Kier molecular flexibility index (Phi) is 3.38. The van der Waals surface area contributed by atoms with Crippen LogP contribution in [0.5, 0.6) is 0 Å². The van der Waals surface area contributed by atoms with Crippen LogP contribution in [0, 0.1) is 0 Å². The standard InChI is InChI=1S/C7H5F3N2O2/c8-5(9)6(10)14-7(13)4-3-11-1-2-12-4/h1-3,5-6H. The van der Waals surface area contributed by atoms with Crippen LogP contribution >= 0.6 is 0 Å². The largest absolute Gasteiger partial charge is 0.420 e. The third kappa shape index (κ3) is 2.68. The van der Waals surface area contributed by atoms with Gasteiger partial charge in [-0.25, -0.2) is 18.6 Å². The second-order valence-electron chi connectivity index (χ2n) is 2.18. The summed E-state index contributed by atoms with van der Waals surface area (Å²) in [5.74, 6) is -1.27. The van der Waals surface area contributed by atoms with Crippen molar-refractivity contribution in [3.63, 3.8) is 0 Å². The third-order valence-electron chi connectivity index (χ3n) is 1.19. The maximum Gasteiger partial charge on any atom is 0.361 e. The molecule has 0 amide bonds. The highest BCUT2D eigenvalue weighted by atomic mass is 19.3. The van der Waals surface area contributed by atoms with E-state index in [-0.39, 0.29) is 5.69 Å². The van der Waals surface area contributed by atoms with Gasteiger partial charge < -0.3 is 4.74 Å². The summed E-state index contributed by atoms with van der Waals surface area (Å²) >= 11 is 0. The summed E-state index contributed by atoms with van der Waals surface area (Å²) in [5.41, 5.74) is -0.323. The van der Waals surface area contributed by atoms with Crippen molar-refractivity contribution in [3.05, 3.63) is 24.3 Å². The first-order valence-electron chi connectivity index (χ1n) is 3.50. The molecule has 1 aromatic heterocycles. The molecule has 1 aromatic rings. The maximum absolute atomic E-state index is 12.2. The number of aromatic nitrogens is 2. The van der Waals surface area contributed by atoms with E-state index in [0.29, 0.717) is 0 Å². The highest BCUT2D eigenvalue weighted by Gasteiger charge is 2.24. The molecule has 0 aliphatic carbocycles. The lowest BCUT2D eigenvalue weighted by Gasteiger charge is -2.07. The number of nitrogens with zero attached hydrogens (tertiary/aromatic N) is 2. The van der Waals surface area contributed by atoms with Crippen LogP contribution < -0.4 is 0 Å². The average molecular weight is 206 g/mol. The summed E-state index contributed by atoms with van der Waals surface area (Å²) in [6.07, 6.45) is -2.89. The first-order valence-corrected chi connectivity index (χ1v) is 3.50. The SMILES string of the molecule is O=C(OC(F)C(F)F)c1cnccn1. The van der Waals surface area contributed by atoms with E-state index in [1.54, 1.807) is 0 Å². The molecule has 0 fully saturated rings. The molecule has 0 radical (unpaired) electrons. The molecule has 0 aliphatic rings. The summed E-state index contributed by atoms with van der Waals surface area (Å²) in [5, 5.41) is 0. The zero-order valence-electron chi connectivity index (χ0n) is 6.73. The molecule has 76 valence electrons. The van der Waals surface area contributed by atoms with Gasteiger partial charge in [-0.2, -0.15) is 4.39 Å². The molecule has 7 heteroatoms. The van der Waals surface area contributed by atoms with Crippen LogP contribution in [0.15, 0.2) is 18.6 Å². The quantitative estimate of drug-likeness (QED) is 0.697. The van der Waals surface area contributed by atoms with Crippen LogP contribution in [0.3, 0.4) is 0 Å². The Hall–Kier alpha value is -1.66. The molecule has 0 aromatic carbocycles. The zero-order chi connectivity index (χ0) is 10.6. The van der Waals surface area contributed by atoms with Gasteiger partial charge in [0.15, 0.2) is 5.69 Å². The predicted octanol–water partition coefficient (Wildman–Crippen LogP) is 1.19. The van der Waals surface area contributed by atoms with Crippen molar-refractivity contribution in [2.24, 2.45) is 0 Å². The van der Waals surface area contributed by atoms with Crippen LogP contribution in [0.25, 0.3) is 0 Å². The third-order valence-corrected chi connectivity index (χ3v) is 1.19. The van der Waals surface area contributed by atoms with Gasteiger partial charge in [0.2, 0.25) is 0 Å². The minimum atomic E-state index is -3.37. The average Bonchev–Trinajstić information content (AvgIpc) is 2.19. The fourth-order valence-electron chi connectivity index (χ4n) is 0.619. The van der Waals surface area contributed by atoms with Crippen LogP contribution in [-0.2, 0) is 4.74 Å². The number of ether oxygens (including phenoxy) is 1. The number of carbonyl (C=O) groups is 1. The Morgan fingerprint density at radius 3 is 2.57 bits per heavy atom. The molecule has 1 unspecified atom stereocenters. The molecule has 4 nitrogen and oxygen atoms in total. The number of esters is 1. The summed E-state index contributed by atoms with van der Waals surface area (Å²) in [7, 11) is 0. The van der Waals surface area contributed by atoms with E-state index in [1.165, 1.54) is 6.20 Å². The van der Waals surface area contributed by atoms with E-state index in [4.69, 9.17) is 0 Å². The van der Waals surface area contributed by atoms with Crippen LogP contribution in [0.1, 0.15) is 10.5 Å². The Morgan fingerprint density at radius 2 is 2.07 bits per heavy atom. The minimum absolute atomic E-state index is 0.323. The number of carbonyl (C=O) groups excluding carboxylic acids is 1. The van der Waals surface area contributed by atoms with E-state index in [2.05, 4.69) is 14.7 Å². The smallest absolute Gasteiger partial charge is 0.361 e. The Bertz CT molecular complexity index is 307. The topological polar surface area (TPSA) is 52.1 Å². The molecule has 0 spiro atoms. The van der Waals surface area contributed by atoms with E-state index in [1.807, 2.05) is 0 Å². The van der Waals surface area contributed by atoms with Crippen molar-refractivity contribution < 1.29 is 22.7 Å². The van der Waals surface area contributed by atoms with Gasteiger partial charge in [-0.1, -0.05) is 0 Å².